The van der Waals surface area contributed by atoms with Gasteiger partial charge in [-0.1, -0.05) is 11.6 Å². The second-order valence-electron chi connectivity index (χ2n) is 3.99. The summed E-state index contributed by atoms with van der Waals surface area (Å²) in [4.78, 5) is 11.6. The Morgan fingerprint density at radius 2 is 2.10 bits per heavy atom. The molecule has 0 bridgehead atoms. The molecule has 0 saturated heterocycles. The standard InChI is InChI=1S/C11H13BrClNO5S/c1-6(5-18-2)19-11(15)7-3-8(13)10(12)9(4-7)20(14,16)17/h3-4,6H,5H2,1-2H3,(H2,14,16,17). The van der Waals surface area contributed by atoms with Crippen molar-refractivity contribution in [3.05, 3.63) is 27.2 Å². The Kier molecular flexibility index (Phi) is 5.96. The molecule has 20 heavy (non-hydrogen) atoms. The highest BCUT2D eigenvalue weighted by molar-refractivity contribution is 9.10. The summed E-state index contributed by atoms with van der Waals surface area (Å²) in [6, 6.07) is 2.40. The van der Waals surface area contributed by atoms with Gasteiger partial charge < -0.3 is 9.47 Å². The Balaban J connectivity index is 3.15. The van der Waals surface area contributed by atoms with E-state index in [2.05, 4.69) is 15.9 Å². The van der Waals surface area contributed by atoms with Crippen LogP contribution >= 0.6 is 27.5 Å². The van der Waals surface area contributed by atoms with Crippen LogP contribution in [0.4, 0.5) is 0 Å². The molecule has 9 heteroatoms. The minimum Gasteiger partial charge on any atom is -0.457 e. The molecule has 0 aliphatic carbocycles. The molecule has 0 spiro atoms. The molecule has 0 radical (unpaired) electrons. The number of esters is 1. The molecule has 1 rings (SSSR count). The number of carbonyl (C=O) groups is 1. The lowest BCUT2D eigenvalue weighted by atomic mass is 10.2. The van der Waals surface area contributed by atoms with Gasteiger partial charge >= 0.3 is 5.97 Å². The summed E-state index contributed by atoms with van der Waals surface area (Å²) in [7, 11) is -2.54. The van der Waals surface area contributed by atoms with E-state index in [-0.39, 0.29) is 26.6 Å². The molecule has 1 aromatic rings. The van der Waals surface area contributed by atoms with Gasteiger partial charge in [0.25, 0.3) is 0 Å². The van der Waals surface area contributed by atoms with Crippen molar-refractivity contribution in [3.8, 4) is 0 Å². The zero-order valence-corrected chi connectivity index (χ0v) is 13.9. The Morgan fingerprint density at radius 1 is 1.50 bits per heavy atom. The predicted molar refractivity (Wildman–Crippen MR) is 77.3 cm³/mol. The number of nitrogens with two attached hydrogens (primary N) is 1. The van der Waals surface area contributed by atoms with Gasteiger partial charge in [-0.2, -0.15) is 0 Å². The molecule has 0 aliphatic heterocycles. The molecule has 1 aromatic carbocycles. The first kappa shape index (κ1) is 17.4. The number of rotatable bonds is 5. The average Bonchev–Trinajstić information content (AvgIpc) is 2.30. The third-order valence-electron chi connectivity index (χ3n) is 2.25. The zero-order valence-electron chi connectivity index (χ0n) is 10.7. The van der Waals surface area contributed by atoms with Crippen molar-refractivity contribution < 1.29 is 22.7 Å². The van der Waals surface area contributed by atoms with Crippen molar-refractivity contribution in [1.82, 2.24) is 0 Å². The summed E-state index contributed by atoms with van der Waals surface area (Å²) in [5, 5.41) is 5.10. The van der Waals surface area contributed by atoms with Gasteiger partial charge in [0, 0.05) is 7.11 Å². The molecule has 0 heterocycles. The molecule has 0 aliphatic rings. The Labute approximate surface area is 130 Å². The number of hydrogen-bond donors (Lipinski definition) is 1. The van der Waals surface area contributed by atoms with Gasteiger partial charge in [-0.05, 0) is 35.0 Å². The van der Waals surface area contributed by atoms with Crippen LogP contribution < -0.4 is 5.14 Å². The third kappa shape index (κ3) is 4.42. The van der Waals surface area contributed by atoms with Crippen molar-refractivity contribution >= 4 is 43.5 Å². The van der Waals surface area contributed by atoms with Crippen LogP contribution in [0.5, 0.6) is 0 Å². The van der Waals surface area contributed by atoms with Crippen molar-refractivity contribution in [2.75, 3.05) is 13.7 Å². The van der Waals surface area contributed by atoms with Crippen LogP contribution in [0, 0.1) is 0 Å². The zero-order chi connectivity index (χ0) is 15.5. The fourth-order valence-electron chi connectivity index (χ4n) is 1.41. The SMILES string of the molecule is COCC(C)OC(=O)c1cc(Cl)c(Br)c(S(N)(=O)=O)c1. The summed E-state index contributed by atoms with van der Waals surface area (Å²) < 4.78 is 32.8. The first-order chi connectivity index (χ1) is 9.16. The number of sulfonamides is 1. The second kappa shape index (κ2) is 6.86. The van der Waals surface area contributed by atoms with Crippen LogP contribution in [0.25, 0.3) is 0 Å². The number of ether oxygens (including phenoxy) is 2. The number of benzene rings is 1. The quantitative estimate of drug-likeness (QED) is 0.780. The summed E-state index contributed by atoms with van der Waals surface area (Å²) in [6.45, 7) is 1.86. The third-order valence-corrected chi connectivity index (χ3v) is 4.82. The van der Waals surface area contributed by atoms with Gasteiger partial charge in [-0.15, -0.1) is 0 Å². The highest BCUT2D eigenvalue weighted by atomic mass is 79.9. The Hall–Kier alpha value is -0.670. The van der Waals surface area contributed by atoms with E-state index in [4.69, 9.17) is 26.2 Å². The fraction of sp³-hybridized carbons (Fsp3) is 0.364. The molecule has 2 N–H and O–H groups in total. The molecule has 1 atom stereocenters. The molecule has 0 fully saturated rings. The van der Waals surface area contributed by atoms with Gasteiger partial charge in [0.1, 0.15) is 6.10 Å². The van der Waals surface area contributed by atoms with E-state index in [0.29, 0.717) is 0 Å². The monoisotopic (exact) mass is 385 g/mol. The second-order valence-corrected chi connectivity index (χ2v) is 6.72. The topological polar surface area (TPSA) is 95.7 Å². The number of carbonyl (C=O) groups excluding carboxylic acids is 1. The maximum Gasteiger partial charge on any atom is 0.338 e. The van der Waals surface area contributed by atoms with E-state index in [0.717, 1.165) is 6.07 Å². The van der Waals surface area contributed by atoms with Crippen molar-refractivity contribution in [3.63, 3.8) is 0 Å². The normalized spacial score (nSPS) is 13.1. The van der Waals surface area contributed by atoms with Crippen LogP contribution in [0.3, 0.4) is 0 Å². The van der Waals surface area contributed by atoms with E-state index in [1.54, 1.807) is 6.92 Å². The van der Waals surface area contributed by atoms with Crippen molar-refractivity contribution in [2.45, 2.75) is 17.9 Å². The lowest BCUT2D eigenvalue weighted by Crippen LogP contribution is -2.20. The van der Waals surface area contributed by atoms with Gasteiger partial charge in [0.2, 0.25) is 10.0 Å². The van der Waals surface area contributed by atoms with Crippen LogP contribution in [-0.2, 0) is 19.5 Å². The highest BCUT2D eigenvalue weighted by Gasteiger charge is 2.21. The van der Waals surface area contributed by atoms with Gasteiger partial charge in [-0.3, -0.25) is 0 Å². The number of methoxy groups -OCH3 is 1. The van der Waals surface area contributed by atoms with Gasteiger partial charge in [-0.25, -0.2) is 18.4 Å². The lowest BCUT2D eigenvalue weighted by Gasteiger charge is -2.13. The van der Waals surface area contributed by atoms with Gasteiger partial charge in [0.05, 0.1) is 26.6 Å². The maximum absolute atomic E-state index is 11.9. The molecule has 0 saturated carbocycles. The summed E-state index contributed by atoms with van der Waals surface area (Å²) in [5.74, 6) is -0.714. The van der Waals surface area contributed by atoms with Crippen LogP contribution in [0.15, 0.2) is 21.5 Å². The Morgan fingerprint density at radius 3 is 2.60 bits per heavy atom. The van der Waals surface area contributed by atoms with Gasteiger partial charge in [0.15, 0.2) is 0 Å². The van der Waals surface area contributed by atoms with E-state index in [9.17, 15) is 13.2 Å². The van der Waals surface area contributed by atoms with Crippen LogP contribution in [0.1, 0.15) is 17.3 Å². The summed E-state index contributed by atoms with van der Waals surface area (Å²) >= 11 is 8.88. The maximum atomic E-state index is 11.9. The van der Waals surface area contributed by atoms with E-state index < -0.39 is 22.1 Å². The van der Waals surface area contributed by atoms with Crippen LogP contribution in [-0.4, -0.2) is 34.2 Å². The lowest BCUT2D eigenvalue weighted by molar-refractivity contribution is 0.0120. The number of primary sulfonamides is 1. The van der Waals surface area contributed by atoms with E-state index >= 15 is 0 Å². The van der Waals surface area contributed by atoms with Crippen LogP contribution in [0.2, 0.25) is 5.02 Å². The number of hydrogen-bond acceptors (Lipinski definition) is 5. The molecular weight excluding hydrogens is 374 g/mol. The van der Waals surface area contributed by atoms with E-state index in [1.165, 1.54) is 13.2 Å². The molecular formula is C11H13BrClNO5S. The molecule has 6 nitrogen and oxygen atoms in total. The average molecular weight is 387 g/mol. The molecule has 0 aromatic heterocycles. The Bertz CT molecular complexity index is 619. The predicted octanol–water partition coefficient (Wildman–Crippen LogP) is 1.94. The smallest absolute Gasteiger partial charge is 0.338 e. The van der Waals surface area contributed by atoms with Crippen molar-refractivity contribution in [2.24, 2.45) is 5.14 Å². The highest BCUT2D eigenvalue weighted by Crippen LogP contribution is 2.31. The fourth-order valence-corrected chi connectivity index (χ4v) is 3.24. The van der Waals surface area contributed by atoms with E-state index in [1.807, 2.05) is 0 Å². The first-order valence-electron chi connectivity index (χ1n) is 5.38. The molecule has 1 unspecified atom stereocenters. The largest absolute Gasteiger partial charge is 0.457 e. The first-order valence-corrected chi connectivity index (χ1v) is 8.10. The number of halogens is 2. The van der Waals surface area contributed by atoms with Crippen molar-refractivity contribution in [1.29, 1.82) is 0 Å². The minimum absolute atomic E-state index is 0.00909. The summed E-state index contributed by atoms with van der Waals surface area (Å²) in [6.07, 6.45) is -0.479. The molecule has 112 valence electrons. The summed E-state index contributed by atoms with van der Waals surface area (Å²) in [5.41, 5.74) is -0.00909. The minimum atomic E-state index is -4.01. The molecule has 0 amide bonds.